The van der Waals surface area contributed by atoms with Gasteiger partial charge in [0.05, 0.1) is 158 Å². The summed E-state index contributed by atoms with van der Waals surface area (Å²) in [4.78, 5) is 32.7. The lowest BCUT2D eigenvalue weighted by molar-refractivity contribution is -0.151. The molecule has 0 aromatic heterocycles. The first-order valence-electron chi connectivity index (χ1n) is 18.4. The summed E-state index contributed by atoms with van der Waals surface area (Å²) in [6.45, 7) is 13.8. The smallest absolute Gasteiger partial charge is 0.372 e. The van der Waals surface area contributed by atoms with E-state index >= 15 is 0 Å². The Kier molecular flexibility index (Phi) is 42.0. The molecule has 0 fully saturated rings. The molecule has 0 spiro atoms. The first-order valence-corrected chi connectivity index (χ1v) is 18.4. The van der Waals surface area contributed by atoms with E-state index in [1.165, 1.54) is 19.3 Å². The molecule has 0 aromatic rings. The molecule has 1 N–H and O–H groups in total. The molecule has 0 atom stereocenters. The van der Waals surface area contributed by atoms with E-state index in [4.69, 9.17) is 66.7 Å². The standard InChI is InChI=1S/C35H66O17/c1-2-3-4-5-8-40-9-10-41-11-12-42-13-14-43-15-16-44-17-18-45-19-20-46-21-22-47-23-24-48-25-26-49-27-28-50-29-30-51-31-32-52-34(37)7-6-33(36)35(38)39/h2-32H2,1H3,(H,38,39). The highest BCUT2D eigenvalue weighted by Gasteiger charge is 2.14. The second-order valence-corrected chi connectivity index (χ2v) is 10.9. The Hall–Kier alpha value is -1.87. The molecule has 0 amide bonds. The number of ketones is 1. The zero-order valence-corrected chi connectivity index (χ0v) is 31.4. The van der Waals surface area contributed by atoms with Crippen LogP contribution in [0.3, 0.4) is 0 Å². The summed E-state index contributed by atoms with van der Waals surface area (Å²) < 4.78 is 70.2. The van der Waals surface area contributed by atoms with Crippen LogP contribution in [0.15, 0.2) is 0 Å². The predicted molar refractivity (Wildman–Crippen MR) is 187 cm³/mol. The maximum absolute atomic E-state index is 11.4. The van der Waals surface area contributed by atoms with Gasteiger partial charge in [0, 0.05) is 13.0 Å². The molecule has 17 nitrogen and oxygen atoms in total. The van der Waals surface area contributed by atoms with Crippen LogP contribution in [0.4, 0.5) is 0 Å². The minimum atomic E-state index is -1.56. The maximum atomic E-state index is 11.4. The van der Waals surface area contributed by atoms with Gasteiger partial charge < -0.3 is 66.7 Å². The first-order chi connectivity index (χ1) is 25.6. The number of carbonyl (C=O) groups is 3. The van der Waals surface area contributed by atoms with Crippen LogP contribution in [0.1, 0.15) is 45.4 Å². The van der Waals surface area contributed by atoms with Gasteiger partial charge in [-0.25, -0.2) is 4.79 Å². The molecule has 0 saturated carbocycles. The number of Topliss-reactive ketones (excluding diaryl/α,β-unsaturated/α-hetero) is 1. The Labute approximate surface area is 309 Å². The van der Waals surface area contributed by atoms with Gasteiger partial charge in [-0.15, -0.1) is 0 Å². The van der Waals surface area contributed by atoms with Crippen LogP contribution in [0, 0.1) is 0 Å². The molecule has 0 bridgehead atoms. The van der Waals surface area contributed by atoms with Gasteiger partial charge in [0.15, 0.2) is 0 Å². The van der Waals surface area contributed by atoms with Gasteiger partial charge in [-0.1, -0.05) is 26.2 Å². The summed E-state index contributed by atoms with van der Waals surface area (Å²) in [5, 5.41) is 8.45. The number of rotatable bonds is 45. The predicted octanol–water partition coefficient (Wildman–Crippen LogP) is 1.74. The highest BCUT2D eigenvalue weighted by Crippen LogP contribution is 1.99. The molecule has 52 heavy (non-hydrogen) atoms. The van der Waals surface area contributed by atoms with Crippen molar-refractivity contribution >= 4 is 17.7 Å². The van der Waals surface area contributed by atoms with Crippen LogP contribution in [0.5, 0.6) is 0 Å². The van der Waals surface area contributed by atoms with Crippen molar-refractivity contribution < 1.29 is 81.1 Å². The fourth-order valence-corrected chi connectivity index (χ4v) is 3.76. The average Bonchev–Trinajstić information content (AvgIpc) is 3.14. The molecule has 308 valence electrons. The number of unbranched alkanes of at least 4 members (excludes halogenated alkanes) is 3. The summed E-state index contributed by atoms with van der Waals surface area (Å²) in [6, 6.07) is 0. The SMILES string of the molecule is CCCCCCOCCOCCOCCOCCOCCOCCOCCOCCOCCOCCOCCOCCOC(=O)CCC(=O)C(=O)O. The monoisotopic (exact) mass is 758 g/mol. The van der Waals surface area contributed by atoms with Crippen LogP contribution < -0.4 is 0 Å². The largest absolute Gasteiger partial charge is 0.476 e. The van der Waals surface area contributed by atoms with Crippen molar-refractivity contribution in [3.63, 3.8) is 0 Å². The lowest BCUT2D eigenvalue weighted by Gasteiger charge is -2.09. The van der Waals surface area contributed by atoms with Crippen molar-refractivity contribution in [2.24, 2.45) is 0 Å². The molecule has 0 rings (SSSR count). The number of carboxylic acid groups (broad SMARTS) is 1. The van der Waals surface area contributed by atoms with Gasteiger partial charge in [-0.05, 0) is 6.42 Å². The lowest BCUT2D eigenvalue weighted by atomic mass is 10.2. The fraction of sp³-hybridized carbons (Fsp3) is 0.914. The summed E-state index contributed by atoms with van der Waals surface area (Å²) in [6.07, 6.45) is 4.20. The lowest BCUT2D eigenvalue weighted by Crippen LogP contribution is -2.17. The molecule has 0 aliphatic heterocycles. The summed E-state index contributed by atoms with van der Waals surface area (Å²) in [5.41, 5.74) is 0. The molecular formula is C35H66O17. The highest BCUT2D eigenvalue weighted by molar-refractivity contribution is 6.32. The molecule has 0 radical (unpaired) electrons. The minimum absolute atomic E-state index is 0.0131. The zero-order valence-electron chi connectivity index (χ0n) is 31.4. The van der Waals surface area contributed by atoms with Crippen LogP contribution >= 0.6 is 0 Å². The number of esters is 1. The van der Waals surface area contributed by atoms with E-state index in [0.29, 0.717) is 145 Å². The van der Waals surface area contributed by atoms with E-state index in [1.54, 1.807) is 0 Å². The van der Waals surface area contributed by atoms with Crippen LogP contribution in [-0.2, 0) is 76.0 Å². The van der Waals surface area contributed by atoms with Crippen molar-refractivity contribution in [1.29, 1.82) is 0 Å². The number of hydrogen-bond acceptors (Lipinski definition) is 16. The van der Waals surface area contributed by atoms with Crippen molar-refractivity contribution in [2.75, 3.05) is 165 Å². The summed E-state index contributed by atoms with van der Waals surface area (Å²) in [5.74, 6) is -3.24. The second-order valence-electron chi connectivity index (χ2n) is 10.9. The van der Waals surface area contributed by atoms with Crippen molar-refractivity contribution in [1.82, 2.24) is 0 Å². The average molecular weight is 759 g/mol. The van der Waals surface area contributed by atoms with E-state index in [1.807, 2.05) is 0 Å². The second kappa shape index (κ2) is 43.5. The Morgan fingerprint density at radius 1 is 0.346 bits per heavy atom. The number of carbonyl (C=O) groups excluding carboxylic acids is 2. The summed E-state index contributed by atoms with van der Waals surface area (Å²) >= 11 is 0. The van der Waals surface area contributed by atoms with Crippen molar-refractivity contribution in [2.45, 2.75) is 45.4 Å². The van der Waals surface area contributed by atoms with E-state index in [-0.39, 0.29) is 26.1 Å². The normalized spacial score (nSPS) is 11.3. The van der Waals surface area contributed by atoms with Crippen LogP contribution in [0.2, 0.25) is 0 Å². The van der Waals surface area contributed by atoms with Gasteiger partial charge in [-0.2, -0.15) is 0 Å². The minimum Gasteiger partial charge on any atom is -0.476 e. The Balaban J connectivity index is 3.11. The number of ether oxygens (including phenoxy) is 13. The molecule has 0 aliphatic rings. The maximum Gasteiger partial charge on any atom is 0.372 e. The molecule has 0 aliphatic carbocycles. The van der Waals surface area contributed by atoms with E-state index in [9.17, 15) is 14.4 Å². The van der Waals surface area contributed by atoms with Gasteiger partial charge in [-0.3, -0.25) is 9.59 Å². The molecule has 17 heteroatoms. The molecule has 0 heterocycles. The Morgan fingerprint density at radius 2 is 0.615 bits per heavy atom. The van der Waals surface area contributed by atoms with Crippen LogP contribution in [0.25, 0.3) is 0 Å². The summed E-state index contributed by atoms with van der Waals surface area (Å²) in [7, 11) is 0. The highest BCUT2D eigenvalue weighted by atomic mass is 16.6. The third-order valence-electron chi connectivity index (χ3n) is 6.52. The molecule has 0 unspecified atom stereocenters. The third-order valence-corrected chi connectivity index (χ3v) is 6.52. The third kappa shape index (κ3) is 42.5. The van der Waals surface area contributed by atoms with Crippen molar-refractivity contribution in [3.8, 4) is 0 Å². The van der Waals surface area contributed by atoms with E-state index in [0.717, 1.165) is 13.0 Å². The zero-order chi connectivity index (χ0) is 37.8. The van der Waals surface area contributed by atoms with Gasteiger partial charge >= 0.3 is 11.9 Å². The molecular weight excluding hydrogens is 692 g/mol. The van der Waals surface area contributed by atoms with Gasteiger partial charge in [0.1, 0.15) is 6.61 Å². The van der Waals surface area contributed by atoms with Crippen molar-refractivity contribution in [3.05, 3.63) is 0 Å². The van der Waals surface area contributed by atoms with E-state index < -0.39 is 17.7 Å². The van der Waals surface area contributed by atoms with Gasteiger partial charge in [0.25, 0.3) is 0 Å². The molecule has 0 saturated heterocycles. The quantitative estimate of drug-likeness (QED) is 0.0536. The number of carboxylic acids is 1. The number of hydrogen-bond donors (Lipinski definition) is 1. The number of aliphatic carboxylic acids is 1. The molecule has 0 aromatic carbocycles. The van der Waals surface area contributed by atoms with Crippen LogP contribution in [-0.4, -0.2) is 188 Å². The van der Waals surface area contributed by atoms with E-state index in [2.05, 4.69) is 6.92 Å². The first kappa shape index (κ1) is 50.1. The fourth-order valence-electron chi connectivity index (χ4n) is 3.76. The Bertz CT molecular complexity index is 774. The van der Waals surface area contributed by atoms with Gasteiger partial charge in [0.2, 0.25) is 5.78 Å². The Morgan fingerprint density at radius 3 is 0.885 bits per heavy atom. The topological polar surface area (TPSA) is 191 Å².